The number of fused-ring (bicyclic) bond motifs is 1. The lowest BCUT2D eigenvalue weighted by Gasteiger charge is -2.37. The molecule has 1 unspecified atom stereocenters. The number of carboxylic acid groups (broad SMARTS) is 2. The van der Waals surface area contributed by atoms with Crippen LogP contribution in [0.15, 0.2) is 54.9 Å². The lowest BCUT2D eigenvalue weighted by atomic mass is 10.0. The summed E-state index contributed by atoms with van der Waals surface area (Å²) in [6.07, 6.45) is 3.46. The number of benzene rings is 1. The van der Waals surface area contributed by atoms with E-state index in [1.165, 1.54) is 0 Å². The number of carboxylic acids is 2. The molecule has 8 nitrogen and oxygen atoms in total. The third-order valence-electron chi connectivity index (χ3n) is 5.54. The van der Waals surface area contributed by atoms with Crippen LogP contribution in [0.1, 0.15) is 17.3 Å². The Morgan fingerprint density at radius 2 is 1.73 bits per heavy atom. The molecule has 1 aliphatic heterocycles. The molecule has 1 aliphatic rings. The third kappa shape index (κ3) is 4.19. The van der Waals surface area contributed by atoms with Gasteiger partial charge < -0.3 is 14.8 Å². The Hall–Kier alpha value is -3.23. The van der Waals surface area contributed by atoms with Crippen LogP contribution in [0.3, 0.4) is 0 Å². The molecule has 1 aromatic carbocycles. The van der Waals surface area contributed by atoms with Crippen LogP contribution in [0.5, 0.6) is 0 Å². The number of carbonyl (C=O) groups is 2. The first-order valence-corrected chi connectivity index (χ1v) is 9.91. The summed E-state index contributed by atoms with van der Waals surface area (Å²) in [5.74, 6) is -1.89. The topological polar surface area (TPSA) is 98.9 Å². The highest BCUT2D eigenvalue weighted by Gasteiger charge is 2.32. The number of piperazine rings is 1. The van der Waals surface area contributed by atoms with Crippen LogP contribution in [-0.2, 0) is 22.7 Å². The number of hydrogen-bond acceptors (Lipinski definition) is 5. The fourth-order valence-corrected chi connectivity index (χ4v) is 4.16. The first kappa shape index (κ1) is 20.1. The third-order valence-corrected chi connectivity index (χ3v) is 5.54. The highest BCUT2D eigenvalue weighted by atomic mass is 16.4. The molecule has 1 fully saturated rings. The maximum Gasteiger partial charge on any atom is 0.325 e. The average Bonchev–Trinajstić information content (AvgIpc) is 3.08. The van der Waals surface area contributed by atoms with Gasteiger partial charge in [0, 0.05) is 61.6 Å². The van der Waals surface area contributed by atoms with Crippen LogP contribution < -0.4 is 0 Å². The number of aliphatic carboxylic acids is 2. The zero-order valence-electron chi connectivity index (χ0n) is 16.5. The summed E-state index contributed by atoms with van der Waals surface area (Å²) >= 11 is 0. The zero-order valence-corrected chi connectivity index (χ0v) is 16.5. The van der Waals surface area contributed by atoms with Gasteiger partial charge >= 0.3 is 11.9 Å². The van der Waals surface area contributed by atoms with E-state index in [-0.39, 0.29) is 6.54 Å². The molecule has 2 N–H and O–H groups in total. The van der Waals surface area contributed by atoms with E-state index in [4.69, 9.17) is 0 Å². The second-order valence-electron chi connectivity index (χ2n) is 7.50. The zero-order chi connectivity index (χ0) is 21.1. The standard InChI is InChI=1S/C22H24N4O4/c27-20(28)15-26-14-18(17-6-1-2-7-19(17)26)21(22(29)30)25-11-9-24(10-12-25)13-16-5-3-4-8-23-16/h1-8,14,21H,9-13,15H2,(H,27,28)(H,29,30). The van der Waals surface area contributed by atoms with Crippen molar-refractivity contribution in [3.63, 3.8) is 0 Å². The minimum absolute atomic E-state index is 0.204. The lowest BCUT2D eigenvalue weighted by molar-refractivity contribution is -0.144. The molecule has 1 saturated heterocycles. The minimum atomic E-state index is -0.961. The molecule has 156 valence electrons. The highest BCUT2D eigenvalue weighted by Crippen LogP contribution is 2.31. The summed E-state index contributed by atoms with van der Waals surface area (Å²) in [4.78, 5) is 32.1. The molecular formula is C22H24N4O4. The summed E-state index contributed by atoms with van der Waals surface area (Å²) in [5, 5.41) is 20.0. The second-order valence-corrected chi connectivity index (χ2v) is 7.50. The number of rotatable bonds is 7. The Labute approximate surface area is 174 Å². The van der Waals surface area contributed by atoms with Crippen LogP contribution >= 0.6 is 0 Å². The van der Waals surface area contributed by atoms with Crippen LogP contribution in [0.25, 0.3) is 10.9 Å². The molecule has 4 rings (SSSR count). The van der Waals surface area contributed by atoms with E-state index in [2.05, 4.69) is 9.88 Å². The molecule has 2 aromatic heterocycles. The second kappa shape index (κ2) is 8.64. The molecule has 0 radical (unpaired) electrons. The van der Waals surface area contributed by atoms with Gasteiger partial charge in [-0.15, -0.1) is 0 Å². The Balaban J connectivity index is 1.55. The SMILES string of the molecule is O=C(O)Cn1cc(C(C(=O)O)N2CCN(Cc3ccccn3)CC2)c2ccccc21. The van der Waals surface area contributed by atoms with Gasteiger partial charge in [0.15, 0.2) is 0 Å². The molecule has 3 heterocycles. The Kier molecular flexibility index (Phi) is 5.78. The maximum atomic E-state index is 12.3. The van der Waals surface area contributed by atoms with Gasteiger partial charge in [-0.25, -0.2) is 0 Å². The van der Waals surface area contributed by atoms with Crippen LogP contribution in [0, 0.1) is 0 Å². The summed E-state index contributed by atoms with van der Waals surface area (Å²) in [7, 11) is 0. The van der Waals surface area contributed by atoms with E-state index in [0.717, 1.165) is 36.2 Å². The lowest BCUT2D eigenvalue weighted by Crippen LogP contribution is -2.48. The monoisotopic (exact) mass is 408 g/mol. The van der Waals surface area contributed by atoms with Gasteiger partial charge in [0.05, 0.1) is 5.69 Å². The van der Waals surface area contributed by atoms with Crippen LogP contribution in [0.4, 0.5) is 0 Å². The number of nitrogens with zero attached hydrogens (tertiary/aromatic N) is 4. The summed E-state index contributed by atoms with van der Waals surface area (Å²) in [6.45, 7) is 3.25. The maximum absolute atomic E-state index is 12.3. The smallest absolute Gasteiger partial charge is 0.325 e. The van der Waals surface area contributed by atoms with Crippen molar-refractivity contribution in [2.75, 3.05) is 26.2 Å². The fraction of sp³-hybridized carbons (Fsp3) is 0.318. The van der Waals surface area contributed by atoms with E-state index in [1.807, 2.05) is 47.4 Å². The van der Waals surface area contributed by atoms with E-state index >= 15 is 0 Å². The molecule has 0 aliphatic carbocycles. The van der Waals surface area contributed by atoms with Crippen molar-refractivity contribution in [2.24, 2.45) is 0 Å². The average molecular weight is 408 g/mol. The van der Waals surface area contributed by atoms with Crippen molar-refractivity contribution in [3.05, 3.63) is 66.1 Å². The van der Waals surface area contributed by atoms with Gasteiger partial charge in [0.1, 0.15) is 12.6 Å². The Morgan fingerprint density at radius 3 is 2.40 bits per heavy atom. The molecular weight excluding hydrogens is 384 g/mol. The van der Waals surface area contributed by atoms with Crippen LogP contribution in [-0.4, -0.2) is 67.7 Å². The molecule has 3 aromatic rings. The van der Waals surface area contributed by atoms with Crippen molar-refractivity contribution in [2.45, 2.75) is 19.1 Å². The quantitative estimate of drug-likeness (QED) is 0.617. The van der Waals surface area contributed by atoms with Crippen LogP contribution in [0.2, 0.25) is 0 Å². The first-order valence-electron chi connectivity index (χ1n) is 9.91. The number of hydrogen-bond donors (Lipinski definition) is 2. The Morgan fingerprint density at radius 1 is 1.00 bits per heavy atom. The summed E-state index contributed by atoms with van der Waals surface area (Å²) < 4.78 is 1.61. The van der Waals surface area contributed by atoms with Gasteiger partial charge in [0.2, 0.25) is 0 Å². The minimum Gasteiger partial charge on any atom is -0.480 e. The summed E-state index contributed by atoms with van der Waals surface area (Å²) in [6, 6.07) is 12.4. The molecule has 8 heteroatoms. The highest BCUT2D eigenvalue weighted by molar-refractivity contribution is 5.90. The van der Waals surface area contributed by atoms with E-state index in [1.54, 1.807) is 17.0 Å². The summed E-state index contributed by atoms with van der Waals surface area (Å²) in [5.41, 5.74) is 2.37. The fourth-order valence-electron chi connectivity index (χ4n) is 4.16. The van der Waals surface area contributed by atoms with Crippen molar-refractivity contribution >= 4 is 22.8 Å². The van der Waals surface area contributed by atoms with E-state index in [9.17, 15) is 19.8 Å². The molecule has 0 bridgehead atoms. The van der Waals surface area contributed by atoms with E-state index < -0.39 is 18.0 Å². The van der Waals surface area contributed by atoms with Crippen molar-refractivity contribution in [1.82, 2.24) is 19.4 Å². The predicted molar refractivity (Wildman–Crippen MR) is 111 cm³/mol. The van der Waals surface area contributed by atoms with Gasteiger partial charge in [-0.05, 0) is 18.2 Å². The van der Waals surface area contributed by atoms with Gasteiger partial charge in [0.25, 0.3) is 0 Å². The van der Waals surface area contributed by atoms with Gasteiger partial charge in [-0.1, -0.05) is 24.3 Å². The number of pyridine rings is 1. The largest absolute Gasteiger partial charge is 0.480 e. The molecule has 0 amide bonds. The first-order chi connectivity index (χ1) is 14.5. The normalized spacial score (nSPS) is 16.5. The molecule has 0 saturated carbocycles. The molecule has 0 spiro atoms. The molecule has 1 atom stereocenters. The van der Waals surface area contributed by atoms with Gasteiger partial charge in [-0.3, -0.25) is 24.4 Å². The van der Waals surface area contributed by atoms with Crippen molar-refractivity contribution in [1.29, 1.82) is 0 Å². The van der Waals surface area contributed by atoms with Crippen molar-refractivity contribution < 1.29 is 19.8 Å². The number of para-hydroxylation sites is 1. The molecule has 30 heavy (non-hydrogen) atoms. The Bertz CT molecular complexity index is 1040. The number of aromatic nitrogens is 2. The van der Waals surface area contributed by atoms with Crippen molar-refractivity contribution in [3.8, 4) is 0 Å². The van der Waals surface area contributed by atoms with Gasteiger partial charge in [-0.2, -0.15) is 0 Å². The predicted octanol–water partition coefficient (Wildman–Crippen LogP) is 2.06. The van der Waals surface area contributed by atoms with E-state index in [0.29, 0.717) is 18.7 Å².